The predicted octanol–water partition coefficient (Wildman–Crippen LogP) is 2.65. The summed E-state index contributed by atoms with van der Waals surface area (Å²) in [5.74, 6) is 3.30. The molecule has 0 unspecified atom stereocenters. The van der Waals surface area contributed by atoms with Crippen LogP contribution in [-0.4, -0.2) is 39.7 Å². The SMILES string of the molecule is C#CCNC(=O)c1ccccc1NC(=O)CCc1ccc(OC)c(OC)c1OC. The molecule has 0 atom stereocenters. The van der Waals surface area contributed by atoms with Crippen molar-refractivity contribution in [2.24, 2.45) is 0 Å². The third-order valence-corrected chi connectivity index (χ3v) is 4.20. The van der Waals surface area contributed by atoms with Gasteiger partial charge in [0.25, 0.3) is 5.91 Å². The average Bonchev–Trinajstić information content (AvgIpc) is 2.75. The lowest BCUT2D eigenvalue weighted by atomic mass is 10.1. The molecule has 0 aliphatic carbocycles. The monoisotopic (exact) mass is 396 g/mol. The number of anilines is 1. The first-order chi connectivity index (χ1) is 14.0. The van der Waals surface area contributed by atoms with Gasteiger partial charge >= 0.3 is 0 Å². The predicted molar refractivity (Wildman–Crippen MR) is 111 cm³/mol. The Morgan fingerprint density at radius 1 is 1.00 bits per heavy atom. The van der Waals surface area contributed by atoms with Crippen molar-refractivity contribution in [1.82, 2.24) is 5.32 Å². The van der Waals surface area contributed by atoms with Crippen LogP contribution in [0.2, 0.25) is 0 Å². The largest absolute Gasteiger partial charge is 0.493 e. The molecule has 152 valence electrons. The Kier molecular flexibility index (Phi) is 7.92. The Balaban J connectivity index is 2.10. The Morgan fingerprint density at radius 2 is 1.72 bits per heavy atom. The first-order valence-corrected chi connectivity index (χ1v) is 8.94. The lowest BCUT2D eigenvalue weighted by molar-refractivity contribution is -0.116. The number of nitrogens with one attached hydrogen (secondary N) is 2. The quantitative estimate of drug-likeness (QED) is 0.637. The topological polar surface area (TPSA) is 85.9 Å². The van der Waals surface area contributed by atoms with Gasteiger partial charge in [-0.15, -0.1) is 6.42 Å². The fourth-order valence-corrected chi connectivity index (χ4v) is 2.84. The molecular formula is C22H24N2O5. The van der Waals surface area contributed by atoms with Crippen LogP contribution in [0.25, 0.3) is 0 Å². The van der Waals surface area contributed by atoms with Crippen molar-refractivity contribution < 1.29 is 23.8 Å². The van der Waals surface area contributed by atoms with Crippen molar-refractivity contribution in [2.75, 3.05) is 33.2 Å². The lowest BCUT2D eigenvalue weighted by Gasteiger charge is -2.16. The number of rotatable bonds is 9. The molecule has 0 aliphatic rings. The van der Waals surface area contributed by atoms with Crippen molar-refractivity contribution >= 4 is 17.5 Å². The molecule has 7 nitrogen and oxygen atoms in total. The number of hydrogen-bond donors (Lipinski definition) is 2. The first-order valence-electron chi connectivity index (χ1n) is 8.94. The van der Waals surface area contributed by atoms with Crippen molar-refractivity contribution in [2.45, 2.75) is 12.8 Å². The molecule has 2 amide bonds. The molecule has 29 heavy (non-hydrogen) atoms. The van der Waals surface area contributed by atoms with Gasteiger partial charge in [0.1, 0.15) is 0 Å². The van der Waals surface area contributed by atoms with E-state index in [-0.39, 0.29) is 24.8 Å². The number of amides is 2. The molecule has 0 aromatic heterocycles. The molecular weight excluding hydrogens is 372 g/mol. The van der Waals surface area contributed by atoms with Gasteiger partial charge in [0, 0.05) is 6.42 Å². The van der Waals surface area contributed by atoms with Crippen molar-refractivity contribution in [1.29, 1.82) is 0 Å². The highest BCUT2D eigenvalue weighted by atomic mass is 16.5. The molecule has 0 heterocycles. The minimum Gasteiger partial charge on any atom is -0.493 e. The van der Waals surface area contributed by atoms with Gasteiger partial charge in [-0.1, -0.05) is 24.1 Å². The fraction of sp³-hybridized carbons (Fsp3) is 0.273. The molecule has 2 rings (SSSR count). The maximum atomic E-state index is 12.5. The Bertz CT molecular complexity index is 918. The number of carbonyl (C=O) groups excluding carboxylic acids is 2. The fourth-order valence-electron chi connectivity index (χ4n) is 2.84. The van der Waals surface area contributed by atoms with E-state index in [4.69, 9.17) is 20.6 Å². The molecule has 2 N–H and O–H groups in total. The number of ether oxygens (including phenoxy) is 3. The summed E-state index contributed by atoms with van der Waals surface area (Å²) in [6.45, 7) is 0.111. The normalized spacial score (nSPS) is 9.86. The van der Waals surface area contributed by atoms with E-state index in [9.17, 15) is 9.59 Å². The molecule has 0 saturated carbocycles. The molecule has 2 aromatic rings. The summed E-state index contributed by atoms with van der Waals surface area (Å²) in [5.41, 5.74) is 1.58. The zero-order chi connectivity index (χ0) is 21.2. The van der Waals surface area contributed by atoms with Crippen LogP contribution in [0, 0.1) is 12.3 Å². The molecule has 0 fully saturated rings. The van der Waals surface area contributed by atoms with Crippen molar-refractivity contribution in [3.63, 3.8) is 0 Å². The smallest absolute Gasteiger partial charge is 0.254 e. The summed E-state index contributed by atoms with van der Waals surface area (Å²) in [6.07, 6.45) is 5.77. The third kappa shape index (κ3) is 5.42. The van der Waals surface area contributed by atoms with Crippen LogP contribution in [0.15, 0.2) is 36.4 Å². The van der Waals surface area contributed by atoms with Crippen molar-refractivity contribution in [3.05, 3.63) is 47.5 Å². The minimum absolute atomic E-state index is 0.111. The highest BCUT2D eigenvalue weighted by molar-refractivity contribution is 6.03. The molecule has 0 bridgehead atoms. The van der Waals surface area contributed by atoms with Crippen LogP contribution in [-0.2, 0) is 11.2 Å². The standard InChI is InChI=1S/C22H24N2O5/c1-5-14-23-22(26)16-8-6-7-9-17(16)24-19(25)13-11-15-10-12-18(27-2)21(29-4)20(15)28-3/h1,6-10,12H,11,13-14H2,2-4H3,(H,23,26)(H,24,25). The van der Waals surface area contributed by atoms with Gasteiger partial charge in [0.05, 0.1) is 39.1 Å². The summed E-state index contributed by atoms with van der Waals surface area (Å²) in [6, 6.07) is 10.3. The Morgan fingerprint density at radius 3 is 2.38 bits per heavy atom. The van der Waals surface area contributed by atoms with E-state index in [0.717, 1.165) is 5.56 Å². The van der Waals surface area contributed by atoms with E-state index in [0.29, 0.717) is 34.9 Å². The Labute approximate surface area is 170 Å². The maximum Gasteiger partial charge on any atom is 0.254 e. The summed E-state index contributed by atoms with van der Waals surface area (Å²) >= 11 is 0. The number of benzene rings is 2. The minimum atomic E-state index is -0.347. The second-order valence-corrected chi connectivity index (χ2v) is 5.97. The first kappa shape index (κ1) is 21.6. The molecule has 0 saturated heterocycles. The average molecular weight is 396 g/mol. The molecule has 0 aliphatic heterocycles. The summed E-state index contributed by atoms with van der Waals surface area (Å²) in [7, 11) is 4.60. The van der Waals surface area contributed by atoms with Gasteiger partial charge in [0.2, 0.25) is 11.7 Å². The lowest BCUT2D eigenvalue weighted by Crippen LogP contribution is -2.25. The maximum absolute atomic E-state index is 12.5. The van der Waals surface area contributed by atoms with Crippen molar-refractivity contribution in [3.8, 4) is 29.6 Å². The van der Waals surface area contributed by atoms with E-state index in [2.05, 4.69) is 16.6 Å². The van der Waals surface area contributed by atoms with E-state index < -0.39 is 0 Å². The number of hydrogen-bond acceptors (Lipinski definition) is 5. The summed E-state index contributed by atoms with van der Waals surface area (Å²) < 4.78 is 16.1. The van der Waals surface area contributed by atoms with Crippen LogP contribution < -0.4 is 24.8 Å². The molecule has 2 aromatic carbocycles. The number of carbonyl (C=O) groups is 2. The van der Waals surface area contributed by atoms with E-state index in [1.54, 1.807) is 37.4 Å². The van der Waals surface area contributed by atoms with Gasteiger partial charge in [-0.2, -0.15) is 0 Å². The highest BCUT2D eigenvalue weighted by Crippen LogP contribution is 2.40. The van der Waals surface area contributed by atoms with E-state index in [1.807, 2.05) is 6.07 Å². The van der Waals surface area contributed by atoms with Crippen LogP contribution in [0.3, 0.4) is 0 Å². The second-order valence-electron chi connectivity index (χ2n) is 5.97. The highest BCUT2D eigenvalue weighted by Gasteiger charge is 2.17. The molecule has 7 heteroatoms. The van der Waals surface area contributed by atoms with Gasteiger partial charge in [-0.3, -0.25) is 9.59 Å². The summed E-state index contributed by atoms with van der Waals surface area (Å²) in [4.78, 5) is 24.7. The van der Waals surface area contributed by atoms with Crippen LogP contribution in [0.4, 0.5) is 5.69 Å². The van der Waals surface area contributed by atoms with Gasteiger partial charge in [-0.25, -0.2) is 0 Å². The second kappa shape index (κ2) is 10.6. The number of para-hydroxylation sites is 1. The zero-order valence-electron chi connectivity index (χ0n) is 16.7. The Hall–Kier alpha value is -3.66. The van der Waals surface area contributed by atoms with Gasteiger partial charge < -0.3 is 24.8 Å². The van der Waals surface area contributed by atoms with E-state index >= 15 is 0 Å². The number of terminal acetylenes is 1. The van der Waals surface area contributed by atoms with Crippen LogP contribution in [0.5, 0.6) is 17.2 Å². The number of methoxy groups -OCH3 is 3. The third-order valence-electron chi connectivity index (χ3n) is 4.20. The van der Waals surface area contributed by atoms with Crippen LogP contribution >= 0.6 is 0 Å². The molecule has 0 spiro atoms. The number of aryl methyl sites for hydroxylation is 1. The summed E-state index contributed by atoms with van der Waals surface area (Å²) in [5, 5.41) is 5.37. The van der Waals surface area contributed by atoms with Crippen LogP contribution in [0.1, 0.15) is 22.3 Å². The molecule has 0 radical (unpaired) electrons. The van der Waals surface area contributed by atoms with E-state index in [1.165, 1.54) is 14.2 Å². The zero-order valence-corrected chi connectivity index (χ0v) is 16.7. The van der Waals surface area contributed by atoms with Gasteiger partial charge in [-0.05, 0) is 30.2 Å². The van der Waals surface area contributed by atoms with Gasteiger partial charge in [0.15, 0.2) is 11.5 Å².